The van der Waals surface area contributed by atoms with Crippen molar-refractivity contribution >= 4 is 29.3 Å². The molecule has 2 aliphatic heterocycles. The maximum absolute atomic E-state index is 13.1. The molecule has 1 fully saturated rings. The number of hydrogen-bond donors (Lipinski definition) is 1. The lowest BCUT2D eigenvalue weighted by atomic mass is 10.1. The predicted molar refractivity (Wildman–Crippen MR) is 111 cm³/mol. The highest BCUT2D eigenvalue weighted by Gasteiger charge is 2.35. The quantitative estimate of drug-likeness (QED) is 0.829. The average molecular weight is 414 g/mol. The molecule has 8 heteroatoms. The number of carbonyl (C=O) groups excluding carboxylic acids is 2. The molecule has 0 aliphatic carbocycles. The van der Waals surface area contributed by atoms with E-state index in [1.165, 1.54) is 0 Å². The number of ether oxygens (including phenoxy) is 3. The van der Waals surface area contributed by atoms with E-state index in [1.807, 2.05) is 0 Å². The second-order valence-electron chi connectivity index (χ2n) is 6.72. The number of amides is 2. The second kappa shape index (κ2) is 8.65. The van der Waals surface area contributed by atoms with Gasteiger partial charge in [0.2, 0.25) is 5.91 Å². The van der Waals surface area contributed by atoms with E-state index in [9.17, 15) is 9.59 Å². The standard InChI is InChI=1S/C21H22N2O5S/c1-26-16-6-4-15(5-7-16)22-20(24)17-12-29-13-23(17)21(25)14-3-8-18-19(11-14)28-10-2-9-27-18/h3-8,11,17H,2,9-10,12-13H2,1H3,(H,22,24). The number of rotatable bonds is 4. The Morgan fingerprint density at radius 2 is 1.86 bits per heavy atom. The number of methoxy groups -OCH3 is 1. The first-order chi connectivity index (χ1) is 14.2. The van der Waals surface area contributed by atoms with Crippen molar-refractivity contribution in [2.75, 3.05) is 37.3 Å². The Hall–Kier alpha value is -2.87. The monoisotopic (exact) mass is 414 g/mol. The Bertz CT molecular complexity index is 902. The molecule has 0 aromatic heterocycles. The van der Waals surface area contributed by atoms with Crippen molar-refractivity contribution < 1.29 is 23.8 Å². The van der Waals surface area contributed by atoms with E-state index in [-0.39, 0.29) is 11.8 Å². The minimum absolute atomic E-state index is 0.194. The fraction of sp³-hybridized carbons (Fsp3) is 0.333. The summed E-state index contributed by atoms with van der Waals surface area (Å²) in [4.78, 5) is 27.5. The molecule has 4 rings (SSSR count). The summed E-state index contributed by atoms with van der Waals surface area (Å²) in [5.41, 5.74) is 1.15. The lowest BCUT2D eigenvalue weighted by molar-refractivity contribution is -0.119. The fourth-order valence-electron chi connectivity index (χ4n) is 3.22. The van der Waals surface area contributed by atoms with Crippen molar-refractivity contribution in [2.45, 2.75) is 12.5 Å². The maximum Gasteiger partial charge on any atom is 0.255 e. The molecular formula is C21H22N2O5S. The van der Waals surface area contributed by atoms with E-state index in [4.69, 9.17) is 14.2 Å². The molecule has 0 saturated carbocycles. The molecule has 1 atom stereocenters. The Labute approximate surface area is 173 Å². The Kier molecular flexibility index (Phi) is 5.80. The molecule has 2 heterocycles. The molecule has 7 nitrogen and oxygen atoms in total. The third kappa shape index (κ3) is 4.27. The number of nitrogens with zero attached hydrogens (tertiary/aromatic N) is 1. The van der Waals surface area contributed by atoms with E-state index < -0.39 is 6.04 Å². The van der Waals surface area contributed by atoms with Crippen molar-refractivity contribution in [3.05, 3.63) is 48.0 Å². The van der Waals surface area contributed by atoms with Crippen LogP contribution in [-0.2, 0) is 4.79 Å². The number of nitrogens with one attached hydrogen (secondary N) is 1. The van der Waals surface area contributed by atoms with E-state index in [1.54, 1.807) is 66.2 Å². The van der Waals surface area contributed by atoms with Crippen molar-refractivity contribution in [1.29, 1.82) is 0 Å². The van der Waals surface area contributed by atoms with E-state index in [0.717, 1.165) is 6.42 Å². The van der Waals surface area contributed by atoms with Gasteiger partial charge in [0.05, 0.1) is 26.2 Å². The molecule has 2 amide bonds. The van der Waals surface area contributed by atoms with Crippen LogP contribution >= 0.6 is 11.8 Å². The van der Waals surface area contributed by atoms with Crippen LogP contribution in [0.5, 0.6) is 17.2 Å². The Morgan fingerprint density at radius 3 is 2.62 bits per heavy atom. The third-order valence-electron chi connectivity index (χ3n) is 4.80. The molecule has 29 heavy (non-hydrogen) atoms. The zero-order chi connectivity index (χ0) is 20.2. The molecule has 0 bridgehead atoms. The minimum atomic E-state index is -0.536. The molecule has 1 unspecified atom stereocenters. The smallest absolute Gasteiger partial charge is 0.255 e. The van der Waals surface area contributed by atoms with Gasteiger partial charge < -0.3 is 24.4 Å². The molecule has 2 aromatic carbocycles. The molecule has 0 spiro atoms. The molecule has 2 aromatic rings. The summed E-state index contributed by atoms with van der Waals surface area (Å²) in [5, 5.41) is 2.88. The van der Waals surface area contributed by atoms with Crippen LogP contribution in [0.4, 0.5) is 5.69 Å². The first-order valence-electron chi connectivity index (χ1n) is 9.39. The summed E-state index contributed by atoms with van der Waals surface area (Å²) in [6.07, 6.45) is 0.800. The summed E-state index contributed by atoms with van der Waals surface area (Å²) < 4.78 is 16.4. The molecule has 152 valence electrons. The summed E-state index contributed by atoms with van der Waals surface area (Å²) in [5.74, 6) is 2.55. The van der Waals surface area contributed by atoms with Crippen LogP contribution in [0.1, 0.15) is 16.8 Å². The zero-order valence-corrected chi connectivity index (χ0v) is 16.9. The van der Waals surface area contributed by atoms with Gasteiger partial charge in [-0.05, 0) is 42.5 Å². The lowest BCUT2D eigenvalue weighted by Gasteiger charge is -2.23. The van der Waals surface area contributed by atoms with Gasteiger partial charge in [0, 0.05) is 23.4 Å². The van der Waals surface area contributed by atoms with Gasteiger partial charge in [-0.2, -0.15) is 0 Å². The van der Waals surface area contributed by atoms with Gasteiger partial charge in [-0.1, -0.05) is 0 Å². The highest BCUT2D eigenvalue weighted by atomic mass is 32.2. The molecule has 1 saturated heterocycles. The minimum Gasteiger partial charge on any atom is -0.497 e. The van der Waals surface area contributed by atoms with E-state index >= 15 is 0 Å². The number of benzene rings is 2. The molecule has 1 N–H and O–H groups in total. The van der Waals surface area contributed by atoms with Crippen LogP contribution in [0.15, 0.2) is 42.5 Å². The van der Waals surface area contributed by atoms with Crippen molar-refractivity contribution in [3.63, 3.8) is 0 Å². The summed E-state index contributed by atoms with van der Waals surface area (Å²) >= 11 is 1.56. The highest BCUT2D eigenvalue weighted by molar-refractivity contribution is 7.99. The summed E-state index contributed by atoms with van der Waals surface area (Å²) in [6.45, 7) is 1.15. The highest BCUT2D eigenvalue weighted by Crippen LogP contribution is 2.32. The van der Waals surface area contributed by atoms with Crippen LogP contribution in [0, 0.1) is 0 Å². The normalized spacial score (nSPS) is 18.1. The van der Waals surface area contributed by atoms with Gasteiger partial charge in [-0.3, -0.25) is 9.59 Å². The summed E-state index contributed by atoms with van der Waals surface area (Å²) in [6, 6.07) is 11.7. The zero-order valence-electron chi connectivity index (χ0n) is 16.1. The van der Waals surface area contributed by atoms with Gasteiger partial charge in [0.25, 0.3) is 5.91 Å². The summed E-state index contributed by atoms with van der Waals surface area (Å²) in [7, 11) is 1.59. The van der Waals surface area contributed by atoms with Crippen LogP contribution < -0.4 is 19.5 Å². The number of thioether (sulfide) groups is 1. The number of hydrogen-bond acceptors (Lipinski definition) is 6. The van der Waals surface area contributed by atoms with Crippen molar-refractivity contribution in [2.24, 2.45) is 0 Å². The van der Waals surface area contributed by atoms with Crippen molar-refractivity contribution in [3.8, 4) is 17.2 Å². The van der Waals surface area contributed by atoms with Crippen LogP contribution in [0.2, 0.25) is 0 Å². The van der Waals surface area contributed by atoms with Gasteiger partial charge in [-0.15, -0.1) is 11.8 Å². The number of carbonyl (C=O) groups is 2. The molecular weight excluding hydrogens is 392 g/mol. The lowest BCUT2D eigenvalue weighted by Crippen LogP contribution is -2.44. The second-order valence-corrected chi connectivity index (χ2v) is 7.72. The first-order valence-corrected chi connectivity index (χ1v) is 10.5. The third-order valence-corrected chi connectivity index (χ3v) is 5.81. The Morgan fingerprint density at radius 1 is 1.10 bits per heavy atom. The predicted octanol–water partition coefficient (Wildman–Crippen LogP) is 3.01. The van der Waals surface area contributed by atoms with Crippen molar-refractivity contribution in [1.82, 2.24) is 4.90 Å². The van der Waals surface area contributed by atoms with Gasteiger partial charge in [-0.25, -0.2) is 0 Å². The SMILES string of the molecule is COc1ccc(NC(=O)C2CSCN2C(=O)c2ccc3c(c2)OCCCO3)cc1. The van der Waals surface area contributed by atoms with Gasteiger partial charge in [0.15, 0.2) is 11.5 Å². The molecule has 0 radical (unpaired) electrons. The van der Waals surface area contributed by atoms with Crippen LogP contribution in [0.25, 0.3) is 0 Å². The maximum atomic E-state index is 13.1. The van der Waals surface area contributed by atoms with E-state index in [2.05, 4.69) is 5.32 Å². The van der Waals surface area contributed by atoms with E-state index in [0.29, 0.717) is 53.3 Å². The fourth-order valence-corrected chi connectivity index (χ4v) is 4.38. The van der Waals surface area contributed by atoms with Crippen LogP contribution in [0.3, 0.4) is 0 Å². The first kappa shape index (κ1) is 19.4. The largest absolute Gasteiger partial charge is 0.497 e. The average Bonchev–Trinajstić information content (AvgIpc) is 3.12. The Balaban J connectivity index is 1.47. The van der Waals surface area contributed by atoms with Crippen LogP contribution in [-0.4, -0.2) is 54.7 Å². The van der Waals surface area contributed by atoms with Gasteiger partial charge in [0.1, 0.15) is 11.8 Å². The molecule has 2 aliphatic rings. The number of anilines is 1. The van der Waals surface area contributed by atoms with Gasteiger partial charge >= 0.3 is 0 Å². The number of fused-ring (bicyclic) bond motifs is 1. The topological polar surface area (TPSA) is 77.1 Å².